The van der Waals surface area contributed by atoms with Gasteiger partial charge in [0.1, 0.15) is 5.82 Å². The number of nitrogen functional groups attached to an aromatic ring is 1. The van der Waals surface area contributed by atoms with Gasteiger partial charge in [-0.1, -0.05) is 6.07 Å². The van der Waals surface area contributed by atoms with Crippen LogP contribution >= 0.6 is 0 Å². The number of aromatic nitrogens is 1. The molecular weight excluding hydrogens is 242 g/mol. The maximum Gasteiger partial charge on any atom is 0.222 e. The van der Waals surface area contributed by atoms with Crippen molar-refractivity contribution in [3.05, 3.63) is 23.9 Å². The monoisotopic (exact) mass is 261 g/mol. The standard InChI is InChI=1S/C13H19N5O/c14-16-13-10(2-1-5-15-13)8-17-6-7-18-11(9-17)3-4-12(18)19/h1-2,5,11H,3-4,6-9,14H2,(H,15,16). The van der Waals surface area contributed by atoms with Crippen LogP contribution in [-0.2, 0) is 11.3 Å². The summed E-state index contributed by atoms with van der Waals surface area (Å²) in [5, 5.41) is 0. The van der Waals surface area contributed by atoms with Crippen LogP contribution in [0.15, 0.2) is 18.3 Å². The Morgan fingerprint density at radius 3 is 3.21 bits per heavy atom. The molecule has 3 rings (SSSR count). The van der Waals surface area contributed by atoms with Gasteiger partial charge in [0.05, 0.1) is 0 Å². The molecule has 102 valence electrons. The van der Waals surface area contributed by atoms with Crippen LogP contribution < -0.4 is 11.3 Å². The average molecular weight is 261 g/mol. The van der Waals surface area contributed by atoms with Crippen molar-refractivity contribution in [2.75, 3.05) is 25.1 Å². The number of anilines is 1. The molecule has 3 N–H and O–H groups in total. The molecule has 0 bridgehead atoms. The molecule has 1 amide bonds. The second-order valence-electron chi connectivity index (χ2n) is 5.17. The first kappa shape index (κ1) is 12.4. The molecule has 19 heavy (non-hydrogen) atoms. The van der Waals surface area contributed by atoms with Gasteiger partial charge in [0.15, 0.2) is 0 Å². The minimum absolute atomic E-state index is 0.315. The SMILES string of the molecule is NNc1ncccc1CN1CCN2C(=O)CCC2C1. The average Bonchev–Trinajstić information content (AvgIpc) is 2.81. The maximum absolute atomic E-state index is 11.6. The zero-order chi connectivity index (χ0) is 13.2. The molecule has 0 saturated carbocycles. The van der Waals surface area contributed by atoms with Crippen molar-refractivity contribution in [1.29, 1.82) is 0 Å². The van der Waals surface area contributed by atoms with E-state index < -0.39 is 0 Å². The molecule has 3 heterocycles. The molecule has 1 aromatic heterocycles. The van der Waals surface area contributed by atoms with E-state index in [1.807, 2.05) is 17.0 Å². The maximum atomic E-state index is 11.6. The van der Waals surface area contributed by atoms with Crippen molar-refractivity contribution >= 4 is 11.7 Å². The Balaban J connectivity index is 1.67. The lowest BCUT2D eigenvalue weighted by molar-refractivity contribution is -0.130. The van der Waals surface area contributed by atoms with Crippen molar-refractivity contribution < 1.29 is 4.79 Å². The lowest BCUT2D eigenvalue weighted by Gasteiger charge is -2.37. The number of nitrogens with one attached hydrogen (secondary N) is 1. The van der Waals surface area contributed by atoms with Crippen LogP contribution in [-0.4, -0.2) is 46.4 Å². The Labute approximate surface area is 112 Å². The Morgan fingerprint density at radius 2 is 2.37 bits per heavy atom. The van der Waals surface area contributed by atoms with Crippen molar-refractivity contribution in [1.82, 2.24) is 14.8 Å². The van der Waals surface area contributed by atoms with Crippen molar-refractivity contribution in [2.45, 2.75) is 25.4 Å². The number of pyridine rings is 1. The molecule has 6 nitrogen and oxygen atoms in total. The number of carbonyl (C=O) groups is 1. The van der Waals surface area contributed by atoms with E-state index in [1.54, 1.807) is 6.20 Å². The summed E-state index contributed by atoms with van der Waals surface area (Å²) in [6.45, 7) is 3.53. The Bertz CT molecular complexity index is 478. The largest absolute Gasteiger partial charge is 0.337 e. The molecule has 2 aliphatic heterocycles. The fraction of sp³-hybridized carbons (Fsp3) is 0.538. The van der Waals surface area contributed by atoms with Crippen molar-refractivity contribution in [2.24, 2.45) is 5.84 Å². The topological polar surface area (TPSA) is 74.5 Å². The van der Waals surface area contributed by atoms with Crippen LogP contribution in [0.4, 0.5) is 5.82 Å². The molecule has 0 aromatic carbocycles. The number of amides is 1. The number of piperazine rings is 1. The third-order valence-electron chi connectivity index (χ3n) is 4.00. The van der Waals surface area contributed by atoms with Gasteiger partial charge in [0.25, 0.3) is 0 Å². The lowest BCUT2D eigenvalue weighted by Crippen LogP contribution is -2.51. The molecule has 2 aliphatic rings. The van der Waals surface area contributed by atoms with Crippen molar-refractivity contribution in [3.63, 3.8) is 0 Å². The number of nitrogens with two attached hydrogens (primary N) is 1. The highest BCUT2D eigenvalue weighted by Gasteiger charge is 2.35. The van der Waals surface area contributed by atoms with Gasteiger partial charge < -0.3 is 10.3 Å². The smallest absolute Gasteiger partial charge is 0.222 e. The van der Waals surface area contributed by atoms with Gasteiger partial charge in [-0.3, -0.25) is 9.69 Å². The molecule has 0 radical (unpaired) electrons. The minimum atomic E-state index is 0.315. The van der Waals surface area contributed by atoms with Crippen LogP contribution in [0.3, 0.4) is 0 Å². The van der Waals surface area contributed by atoms with Crippen LogP contribution in [0.2, 0.25) is 0 Å². The van der Waals surface area contributed by atoms with E-state index in [9.17, 15) is 4.79 Å². The van der Waals surface area contributed by atoms with Crippen LogP contribution in [0.1, 0.15) is 18.4 Å². The van der Waals surface area contributed by atoms with Crippen LogP contribution in [0.5, 0.6) is 0 Å². The van der Waals surface area contributed by atoms with Crippen LogP contribution in [0.25, 0.3) is 0 Å². The first-order valence-corrected chi connectivity index (χ1v) is 6.70. The summed E-state index contributed by atoms with van der Waals surface area (Å²) >= 11 is 0. The fourth-order valence-electron chi connectivity index (χ4n) is 3.01. The van der Waals surface area contributed by atoms with Gasteiger partial charge in [-0.2, -0.15) is 0 Å². The normalized spacial score (nSPS) is 23.5. The predicted octanol–water partition coefficient (Wildman–Crippen LogP) is 0.174. The van der Waals surface area contributed by atoms with Gasteiger partial charge in [-0.15, -0.1) is 0 Å². The quantitative estimate of drug-likeness (QED) is 0.599. The number of hydrazine groups is 1. The first-order valence-electron chi connectivity index (χ1n) is 6.70. The number of rotatable bonds is 3. The van der Waals surface area contributed by atoms with E-state index >= 15 is 0 Å². The molecule has 6 heteroatoms. The van der Waals surface area contributed by atoms with E-state index in [0.29, 0.717) is 18.4 Å². The first-order chi connectivity index (χ1) is 9.28. The summed E-state index contributed by atoms with van der Waals surface area (Å²) in [6, 6.07) is 4.35. The van der Waals surface area contributed by atoms with E-state index in [-0.39, 0.29) is 0 Å². The molecule has 1 aromatic rings. The summed E-state index contributed by atoms with van der Waals surface area (Å²) in [4.78, 5) is 20.3. The summed E-state index contributed by atoms with van der Waals surface area (Å²) < 4.78 is 0. The number of carbonyl (C=O) groups excluding carboxylic acids is 1. The number of nitrogens with zero attached hydrogens (tertiary/aromatic N) is 3. The highest BCUT2D eigenvalue weighted by molar-refractivity contribution is 5.78. The van der Waals surface area contributed by atoms with Gasteiger partial charge in [0, 0.05) is 50.4 Å². The molecule has 1 unspecified atom stereocenters. The molecule has 1 atom stereocenters. The number of fused-ring (bicyclic) bond motifs is 1. The lowest BCUT2D eigenvalue weighted by atomic mass is 10.1. The molecule has 2 saturated heterocycles. The van der Waals surface area contributed by atoms with Gasteiger partial charge in [-0.25, -0.2) is 10.8 Å². The molecule has 0 spiro atoms. The van der Waals surface area contributed by atoms with E-state index in [4.69, 9.17) is 5.84 Å². The molecular formula is C13H19N5O. The van der Waals surface area contributed by atoms with Gasteiger partial charge >= 0.3 is 0 Å². The zero-order valence-electron chi connectivity index (χ0n) is 10.9. The molecule has 2 fully saturated rings. The summed E-state index contributed by atoms with van der Waals surface area (Å²) in [7, 11) is 0. The highest BCUT2D eigenvalue weighted by atomic mass is 16.2. The van der Waals surface area contributed by atoms with E-state index in [0.717, 1.165) is 44.0 Å². The fourth-order valence-corrected chi connectivity index (χ4v) is 3.01. The van der Waals surface area contributed by atoms with Gasteiger partial charge in [-0.05, 0) is 12.5 Å². The zero-order valence-corrected chi connectivity index (χ0v) is 10.9. The van der Waals surface area contributed by atoms with Crippen LogP contribution in [0, 0.1) is 0 Å². The summed E-state index contributed by atoms with van der Waals surface area (Å²) in [5.74, 6) is 6.52. The number of hydrogen-bond acceptors (Lipinski definition) is 5. The summed E-state index contributed by atoms with van der Waals surface area (Å²) in [5.41, 5.74) is 3.74. The second-order valence-corrected chi connectivity index (χ2v) is 5.17. The Kier molecular flexibility index (Phi) is 3.35. The minimum Gasteiger partial charge on any atom is -0.337 e. The Morgan fingerprint density at radius 1 is 1.47 bits per heavy atom. The third kappa shape index (κ3) is 2.41. The van der Waals surface area contributed by atoms with E-state index in [1.165, 1.54) is 0 Å². The Hall–Kier alpha value is -1.66. The number of hydrogen-bond donors (Lipinski definition) is 2. The van der Waals surface area contributed by atoms with Gasteiger partial charge in [0.2, 0.25) is 5.91 Å². The highest BCUT2D eigenvalue weighted by Crippen LogP contribution is 2.24. The second kappa shape index (κ2) is 5.14. The predicted molar refractivity (Wildman–Crippen MR) is 72.1 cm³/mol. The summed E-state index contributed by atoms with van der Waals surface area (Å²) in [6.07, 6.45) is 3.43. The molecule has 0 aliphatic carbocycles. The third-order valence-corrected chi connectivity index (χ3v) is 4.00. The van der Waals surface area contributed by atoms with Crippen molar-refractivity contribution in [3.8, 4) is 0 Å². The van der Waals surface area contributed by atoms with E-state index in [2.05, 4.69) is 15.3 Å².